The summed E-state index contributed by atoms with van der Waals surface area (Å²) in [6.07, 6.45) is -3.44. The summed E-state index contributed by atoms with van der Waals surface area (Å²) >= 11 is 0. The Morgan fingerprint density at radius 2 is 1.92 bits per heavy atom. The van der Waals surface area contributed by atoms with Gasteiger partial charge >= 0.3 is 6.18 Å². The molecule has 0 saturated carbocycles. The predicted octanol–water partition coefficient (Wildman–Crippen LogP) is 1.81. The highest BCUT2D eigenvalue weighted by Gasteiger charge is 2.37. The van der Waals surface area contributed by atoms with E-state index >= 15 is 0 Å². The fraction of sp³-hybridized carbons (Fsp3) is 0.429. The first-order chi connectivity index (χ1) is 5.96. The van der Waals surface area contributed by atoms with Crippen molar-refractivity contribution in [3.05, 3.63) is 17.6 Å². The number of ether oxygens (including phenoxy) is 1. The van der Waals surface area contributed by atoms with Gasteiger partial charge in [-0.1, -0.05) is 0 Å². The van der Waals surface area contributed by atoms with Crippen LogP contribution < -0.4 is 4.74 Å². The first-order valence-corrected chi connectivity index (χ1v) is 3.39. The molecule has 0 saturated heterocycles. The van der Waals surface area contributed by atoms with Gasteiger partial charge in [-0.15, -0.1) is 0 Å². The van der Waals surface area contributed by atoms with Crippen LogP contribution >= 0.6 is 0 Å². The van der Waals surface area contributed by atoms with E-state index in [0.717, 1.165) is 13.4 Å². The third-order valence-corrected chi connectivity index (χ3v) is 1.48. The lowest BCUT2D eigenvalue weighted by atomic mass is 10.2. The highest BCUT2D eigenvalue weighted by atomic mass is 19.4. The molecule has 0 fully saturated rings. The quantitative estimate of drug-likeness (QED) is 0.680. The monoisotopic (exact) mass is 192 g/mol. The molecule has 1 aromatic heterocycles. The van der Waals surface area contributed by atoms with Gasteiger partial charge in [0, 0.05) is 0 Å². The summed E-state index contributed by atoms with van der Waals surface area (Å²) in [6, 6.07) is 0. The molecular weight excluding hydrogens is 185 g/mol. The Bertz CT molecular complexity index is 311. The van der Waals surface area contributed by atoms with Crippen LogP contribution in [0.15, 0.2) is 6.33 Å². The summed E-state index contributed by atoms with van der Waals surface area (Å²) in [4.78, 5) is 6.81. The maximum absolute atomic E-state index is 12.3. The molecule has 0 bridgehead atoms. The smallest absolute Gasteiger partial charge is 0.423 e. The van der Waals surface area contributed by atoms with Crippen LogP contribution in [0.3, 0.4) is 0 Å². The van der Waals surface area contributed by atoms with Crippen LogP contribution in [-0.4, -0.2) is 17.1 Å². The Kier molecular flexibility index (Phi) is 2.40. The molecule has 13 heavy (non-hydrogen) atoms. The van der Waals surface area contributed by atoms with Gasteiger partial charge in [0.25, 0.3) is 0 Å². The molecule has 1 heterocycles. The largest absolute Gasteiger partial charge is 0.480 e. The minimum absolute atomic E-state index is 0.139. The number of aromatic nitrogens is 2. The molecule has 0 unspecified atom stereocenters. The van der Waals surface area contributed by atoms with Crippen molar-refractivity contribution >= 4 is 0 Å². The van der Waals surface area contributed by atoms with E-state index in [4.69, 9.17) is 0 Å². The third-order valence-electron chi connectivity index (χ3n) is 1.48. The van der Waals surface area contributed by atoms with Gasteiger partial charge in [-0.05, 0) is 6.92 Å². The zero-order chi connectivity index (χ0) is 10.1. The molecular formula is C7H7F3N2O. The van der Waals surface area contributed by atoms with Gasteiger partial charge in [-0.25, -0.2) is 9.97 Å². The zero-order valence-corrected chi connectivity index (χ0v) is 7.01. The maximum atomic E-state index is 12.3. The summed E-state index contributed by atoms with van der Waals surface area (Å²) in [5.74, 6) is -0.444. The minimum Gasteiger partial charge on any atom is -0.480 e. The predicted molar refractivity (Wildman–Crippen MR) is 38.3 cm³/mol. The number of aryl methyl sites for hydroxylation is 1. The van der Waals surface area contributed by atoms with Crippen molar-refractivity contribution in [2.75, 3.05) is 7.11 Å². The molecule has 0 amide bonds. The summed E-state index contributed by atoms with van der Waals surface area (Å²) in [5.41, 5.74) is -1.06. The minimum atomic E-state index is -4.48. The molecule has 72 valence electrons. The van der Waals surface area contributed by atoms with Crippen LogP contribution in [0.5, 0.6) is 5.88 Å². The van der Waals surface area contributed by atoms with Crippen LogP contribution in [0.2, 0.25) is 0 Å². The second-order valence-corrected chi connectivity index (χ2v) is 2.34. The third kappa shape index (κ3) is 1.88. The van der Waals surface area contributed by atoms with Crippen molar-refractivity contribution in [1.82, 2.24) is 9.97 Å². The number of hydrogen-bond acceptors (Lipinski definition) is 3. The molecule has 0 aliphatic rings. The number of nitrogens with zero attached hydrogens (tertiary/aromatic N) is 2. The molecule has 1 rings (SSSR count). The van der Waals surface area contributed by atoms with Gasteiger partial charge in [0.2, 0.25) is 5.88 Å². The van der Waals surface area contributed by atoms with Crippen LogP contribution in [-0.2, 0) is 6.18 Å². The summed E-state index contributed by atoms with van der Waals surface area (Å²) in [5, 5.41) is 0. The highest BCUT2D eigenvalue weighted by molar-refractivity contribution is 5.31. The van der Waals surface area contributed by atoms with E-state index in [1.54, 1.807) is 0 Å². The number of alkyl halides is 3. The SMILES string of the molecule is COc1ncnc(C)c1C(F)(F)F. The molecule has 0 atom stereocenters. The van der Waals surface area contributed by atoms with E-state index in [9.17, 15) is 13.2 Å². The lowest BCUT2D eigenvalue weighted by Crippen LogP contribution is -2.12. The standard InChI is InChI=1S/C7H7F3N2O/c1-4-5(7(8,9)10)6(13-2)12-3-11-4/h3H,1-2H3. The van der Waals surface area contributed by atoms with Crippen molar-refractivity contribution in [1.29, 1.82) is 0 Å². The second kappa shape index (κ2) is 3.20. The Balaban J connectivity index is 3.32. The van der Waals surface area contributed by atoms with Crippen molar-refractivity contribution in [2.45, 2.75) is 13.1 Å². The first kappa shape index (κ1) is 9.76. The Morgan fingerprint density at radius 1 is 1.31 bits per heavy atom. The van der Waals surface area contributed by atoms with E-state index in [2.05, 4.69) is 14.7 Å². The Morgan fingerprint density at radius 3 is 2.31 bits per heavy atom. The van der Waals surface area contributed by atoms with Gasteiger partial charge in [-0.3, -0.25) is 0 Å². The average Bonchev–Trinajstić information content (AvgIpc) is 2.01. The van der Waals surface area contributed by atoms with Crippen LogP contribution in [0, 0.1) is 6.92 Å². The van der Waals surface area contributed by atoms with Crippen molar-refractivity contribution in [3.63, 3.8) is 0 Å². The number of rotatable bonds is 1. The lowest BCUT2D eigenvalue weighted by Gasteiger charge is -2.11. The van der Waals surface area contributed by atoms with Crippen LogP contribution in [0.4, 0.5) is 13.2 Å². The fourth-order valence-corrected chi connectivity index (χ4v) is 0.933. The molecule has 0 aromatic carbocycles. The molecule has 0 aliphatic carbocycles. The van der Waals surface area contributed by atoms with Crippen molar-refractivity contribution in [3.8, 4) is 5.88 Å². The Hall–Kier alpha value is -1.33. The van der Waals surface area contributed by atoms with E-state index in [-0.39, 0.29) is 5.69 Å². The van der Waals surface area contributed by atoms with E-state index in [1.165, 1.54) is 6.92 Å². The van der Waals surface area contributed by atoms with Crippen LogP contribution in [0.25, 0.3) is 0 Å². The van der Waals surface area contributed by atoms with Crippen molar-refractivity contribution < 1.29 is 17.9 Å². The van der Waals surface area contributed by atoms with Gasteiger partial charge < -0.3 is 4.74 Å². The summed E-state index contributed by atoms with van der Waals surface area (Å²) in [7, 11) is 1.14. The van der Waals surface area contributed by atoms with Gasteiger partial charge in [0.1, 0.15) is 11.9 Å². The average molecular weight is 192 g/mol. The number of halogens is 3. The second-order valence-electron chi connectivity index (χ2n) is 2.34. The van der Waals surface area contributed by atoms with Crippen LogP contribution in [0.1, 0.15) is 11.3 Å². The van der Waals surface area contributed by atoms with Crippen molar-refractivity contribution in [2.24, 2.45) is 0 Å². The Labute approximate surface area is 72.6 Å². The molecule has 3 nitrogen and oxygen atoms in total. The zero-order valence-electron chi connectivity index (χ0n) is 7.01. The lowest BCUT2D eigenvalue weighted by molar-refractivity contribution is -0.139. The molecule has 6 heteroatoms. The van der Waals surface area contributed by atoms with E-state index in [1.807, 2.05) is 0 Å². The van der Waals surface area contributed by atoms with E-state index in [0.29, 0.717) is 0 Å². The summed E-state index contributed by atoms with van der Waals surface area (Å²) in [6.45, 7) is 1.26. The molecule has 0 spiro atoms. The number of hydrogen-bond donors (Lipinski definition) is 0. The highest BCUT2D eigenvalue weighted by Crippen LogP contribution is 2.35. The van der Waals surface area contributed by atoms with Gasteiger partial charge in [0.15, 0.2) is 0 Å². The van der Waals surface area contributed by atoms with Gasteiger partial charge in [-0.2, -0.15) is 13.2 Å². The normalized spacial score (nSPS) is 11.5. The van der Waals surface area contributed by atoms with E-state index < -0.39 is 17.6 Å². The number of methoxy groups -OCH3 is 1. The topological polar surface area (TPSA) is 35.0 Å². The summed E-state index contributed by atoms with van der Waals surface area (Å²) < 4.78 is 41.5. The molecule has 1 aromatic rings. The fourth-order valence-electron chi connectivity index (χ4n) is 0.933. The maximum Gasteiger partial charge on any atom is 0.423 e. The molecule has 0 N–H and O–H groups in total. The van der Waals surface area contributed by atoms with Gasteiger partial charge in [0.05, 0.1) is 12.8 Å². The first-order valence-electron chi connectivity index (χ1n) is 3.39. The molecule has 0 aliphatic heterocycles. The molecule has 0 radical (unpaired) electrons.